The monoisotopic (exact) mass is 519 g/mol. The van der Waals surface area contributed by atoms with Gasteiger partial charge in [0.1, 0.15) is 0 Å². The molecule has 2 fully saturated rings. The lowest BCUT2D eigenvalue weighted by Crippen LogP contribution is -2.31. The predicted octanol–water partition coefficient (Wildman–Crippen LogP) is 9.90. The third-order valence-electron chi connectivity index (χ3n) is 9.96. The van der Waals surface area contributed by atoms with Gasteiger partial charge in [0.2, 0.25) is 0 Å². The van der Waals surface area contributed by atoms with Crippen LogP contribution in [0.2, 0.25) is 0 Å². The van der Waals surface area contributed by atoms with Crippen LogP contribution in [0.5, 0.6) is 0 Å². The Morgan fingerprint density at radius 1 is 0.553 bits per heavy atom. The zero-order chi connectivity index (χ0) is 25.6. The van der Waals surface area contributed by atoms with Crippen LogP contribution in [0.25, 0.3) is 5.57 Å². The van der Waals surface area contributed by atoms with Gasteiger partial charge in [-0.15, -0.1) is 0 Å². The molecular formula is C36H42NP. The van der Waals surface area contributed by atoms with Crippen LogP contribution in [-0.4, -0.2) is 25.4 Å². The second-order valence-electron chi connectivity index (χ2n) is 12.3. The number of para-hydroxylation sites is 1. The molecule has 5 aliphatic rings. The van der Waals surface area contributed by atoms with Gasteiger partial charge in [0.25, 0.3) is 0 Å². The summed E-state index contributed by atoms with van der Waals surface area (Å²) in [7, 11) is 4.25. The highest BCUT2D eigenvalue weighted by molar-refractivity contribution is 7.64. The number of nitrogens with zero attached hydrogens (tertiary/aromatic N) is 1. The van der Waals surface area contributed by atoms with Gasteiger partial charge in [-0.25, -0.2) is 0 Å². The Labute approximate surface area is 231 Å². The Balaban J connectivity index is 1.54. The largest absolute Gasteiger partial charge is 0.377 e. The minimum atomic E-state index is -0.212. The maximum atomic E-state index is 2.48. The lowest BCUT2D eigenvalue weighted by Gasteiger charge is -2.50. The van der Waals surface area contributed by atoms with E-state index in [1.165, 1.54) is 75.5 Å². The Bertz CT molecular complexity index is 1280. The van der Waals surface area contributed by atoms with Crippen molar-refractivity contribution >= 4 is 19.2 Å². The van der Waals surface area contributed by atoms with Crippen molar-refractivity contribution in [3.05, 3.63) is 106 Å². The van der Waals surface area contributed by atoms with Crippen molar-refractivity contribution in [2.75, 3.05) is 19.0 Å². The minimum Gasteiger partial charge on any atom is -0.377 e. The molecule has 0 radical (unpaired) electrons. The molecule has 5 aliphatic carbocycles. The fraction of sp³-hybridized carbons (Fsp3) is 0.444. The Morgan fingerprint density at radius 2 is 1.00 bits per heavy atom. The first-order valence-electron chi connectivity index (χ1n) is 15.2. The van der Waals surface area contributed by atoms with E-state index in [9.17, 15) is 0 Å². The third-order valence-corrected chi connectivity index (χ3v) is 13.6. The third kappa shape index (κ3) is 4.00. The average Bonchev–Trinajstić information content (AvgIpc) is 2.98. The van der Waals surface area contributed by atoms with E-state index < -0.39 is 0 Å². The van der Waals surface area contributed by atoms with Crippen molar-refractivity contribution in [1.82, 2.24) is 0 Å². The van der Waals surface area contributed by atoms with E-state index in [1.807, 2.05) is 5.31 Å². The van der Waals surface area contributed by atoms with Gasteiger partial charge in [-0.1, -0.05) is 113 Å². The lowest BCUT2D eigenvalue weighted by molar-refractivity contribution is 0.485. The van der Waals surface area contributed by atoms with Gasteiger partial charge in [-0.3, -0.25) is 0 Å². The van der Waals surface area contributed by atoms with Gasteiger partial charge in [0, 0.05) is 37.2 Å². The summed E-state index contributed by atoms with van der Waals surface area (Å²) < 4.78 is 0. The van der Waals surface area contributed by atoms with Crippen molar-refractivity contribution in [3.63, 3.8) is 0 Å². The predicted molar refractivity (Wildman–Crippen MR) is 165 cm³/mol. The number of hydrogen-bond donors (Lipinski definition) is 0. The summed E-state index contributed by atoms with van der Waals surface area (Å²) in [5, 5.41) is 1.88. The van der Waals surface area contributed by atoms with Crippen LogP contribution in [-0.2, 0) is 0 Å². The van der Waals surface area contributed by atoms with Crippen molar-refractivity contribution in [3.8, 4) is 0 Å². The minimum absolute atomic E-state index is 0.212. The zero-order valence-electron chi connectivity index (χ0n) is 23.2. The normalized spacial score (nSPS) is 23.4. The highest BCUT2D eigenvalue weighted by atomic mass is 31.1. The molecule has 0 N–H and O–H groups in total. The van der Waals surface area contributed by atoms with Crippen LogP contribution < -0.4 is 4.90 Å². The molecule has 1 nitrogen and oxygen atoms in total. The van der Waals surface area contributed by atoms with E-state index in [4.69, 9.17) is 0 Å². The molecule has 0 atom stereocenters. The summed E-state index contributed by atoms with van der Waals surface area (Å²) in [6, 6.07) is 28.3. The standard InChI is InChI=1S/C36H42NP/c1-37(2)32-24-14-13-23-31(32)35-33-27-19-9-11-21-29(27)34(30-22-12-10-20-28(30)33)36(35)38(25-15-5-3-6-16-25)26-17-7-4-8-18-26/h9-14,19-26,33-34H,3-8,15-18H2,1-2H3. The summed E-state index contributed by atoms with van der Waals surface area (Å²) in [5.41, 5.74) is 12.7. The summed E-state index contributed by atoms with van der Waals surface area (Å²) in [6.07, 6.45) is 14.5. The number of anilines is 1. The molecule has 38 heavy (non-hydrogen) atoms. The molecule has 0 unspecified atom stereocenters. The van der Waals surface area contributed by atoms with Crippen molar-refractivity contribution in [2.24, 2.45) is 0 Å². The van der Waals surface area contributed by atoms with Gasteiger partial charge in [-0.2, -0.15) is 0 Å². The van der Waals surface area contributed by atoms with Gasteiger partial charge in [-0.05, 0) is 76.2 Å². The second-order valence-corrected chi connectivity index (χ2v) is 15.1. The maximum absolute atomic E-state index is 2.48. The van der Waals surface area contributed by atoms with Gasteiger partial charge in [0.05, 0.1) is 0 Å². The SMILES string of the molecule is CN(C)c1ccccc1C1=C(P(C2CCCCC2)C2CCCCC2)C2c3ccccc3C1c1ccccc12. The first-order valence-corrected chi connectivity index (χ1v) is 16.7. The molecule has 0 amide bonds. The van der Waals surface area contributed by atoms with Crippen molar-refractivity contribution in [2.45, 2.75) is 87.4 Å². The number of hydrogen-bond acceptors (Lipinski definition) is 1. The van der Waals surface area contributed by atoms with Crippen molar-refractivity contribution < 1.29 is 0 Å². The zero-order valence-corrected chi connectivity index (χ0v) is 24.1. The van der Waals surface area contributed by atoms with Crippen LogP contribution >= 0.6 is 7.92 Å². The molecule has 0 spiro atoms. The molecule has 3 aromatic rings. The molecule has 2 bridgehead atoms. The van der Waals surface area contributed by atoms with Crippen LogP contribution in [0.4, 0.5) is 5.69 Å². The molecule has 2 heteroatoms. The van der Waals surface area contributed by atoms with E-state index in [0.717, 1.165) is 11.3 Å². The number of rotatable bonds is 5. The van der Waals surface area contributed by atoms with Crippen LogP contribution in [0.1, 0.15) is 104 Å². The van der Waals surface area contributed by atoms with E-state index in [1.54, 1.807) is 27.8 Å². The molecule has 0 aromatic heterocycles. The molecule has 2 saturated carbocycles. The molecule has 0 aliphatic heterocycles. The van der Waals surface area contributed by atoms with E-state index >= 15 is 0 Å². The Hall–Kier alpha value is -2.37. The van der Waals surface area contributed by atoms with Crippen LogP contribution in [0.3, 0.4) is 0 Å². The molecule has 0 heterocycles. The van der Waals surface area contributed by atoms with Crippen LogP contribution in [0, 0.1) is 0 Å². The number of allylic oxidation sites excluding steroid dienone is 2. The van der Waals surface area contributed by atoms with Gasteiger partial charge >= 0.3 is 0 Å². The quantitative estimate of drug-likeness (QED) is 0.303. The first-order chi connectivity index (χ1) is 18.7. The van der Waals surface area contributed by atoms with Gasteiger partial charge in [0.15, 0.2) is 0 Å². The summed E-state index contributed by atoms with van der Waals surface area (Å²) in [4.78, 5) is 2.35. The summed E-state index contributed by atoms with van der Waals surface area (Å²) in [5.74, 6) is 0.772. The maximum Gasteiger partial charge on any atom is 0.0437 e. The molecule has 8 rings (SSSR count). The van der Waals surface area contributed by atoms with Gasteiger partial charge < -0.3 is 4.90 Å². The highest BCUT2D eigenvalue weighted by Crippen LogP contribution is 2.72. The topological polar surface area (TPSA) is 3.24 Å². The molecule has 196 valence electrons. The fourth-order valence-electron chi connectivity index (χ4n) is 8.40. The van der Waals surface area contributed by atoms with Crippen LogP contribution in [0.15, 0.2) is 78.1 Å². The van der Waals surface area contributed by atoms with E-state index in [2.05, 4.69) is 91.8 Å². The average molecular weight is 520 g/mol. The van der Waals surface area contributed by atoms with E-state index in [-0.39, 0.29) is 7.92 Å². The number of benzene rings is 3. The highest BCUT2D eigenvalue weighted by Gasteiger charge is 2.48. The van der Waals surface area contributed by atoms with E-state index in [0.29, 0.717) is 11.8 Å². The Morgan fingerprint density at radius 3 is 1.50 bits per heavy atom. The Kier molecular flexibility index (Phi) is 6.69. The smallest absolute Gasteiger partial charge is 0.0437 e. The summed E-state index contributed by atoms with van der Waals surface area (Å²) in [6.45, 7) is 0. The molecular weight excluding hydrogens is 477 g/mol. The van der Waals surface area contributed by atoms with Crippen molar-refractivity contribution in [1.29, 1.82) is 0 Å². The fourth-order valence-corrected chi connectivity index (χ4v) is 12.7. The summed E-state index contributed by atoms with van der Waals surface area (Å²) >= 11 is 0. The molecule has 3 aromatic carbocycles. The second kappa shape index (κ2) is 10.3. The first kappa shape index (κ1) is 24.7. The lowest BCUT2D eigenvalue weighted by atomic mass is 9.63. The molecule has 0 saturated heterocycles.